The molecule has 0 radical (unpaired) electrons. The van der Waals surface area contributed by atoms with Gasteiger partial charge in [-0.05, 0) is 25.0 Å². The van der Waals surface area contributed by atoms with Crippen molar-refractivity contribution in [3.8, 4) is 0 Å². The van der Waals surface area contributed by atoms with Crippen molar-refractivity contribution in [3.63, 3.8) is 0 Å². The van der Waals surface area contributed by atoms with Gasteiger partial charge in [0, 0.05) is 17.1 Å². The summed E-state index contributed by atoms with van der Waals surface area (Å²) in [7, 11) is 0. The summed E-state index contributed by atoms with van der Waals surface area (Å²) in [6, 6.07) is 8.04. The highest BCUT2D eigenvalue weighted by Crippen LogP contribution is 2.28. The molecule has 1 aromatic carbocycles. The molecule has 2 N–H and O–H groups in total. The lowest BCUT2D eigenvalue weighted by Gasteiger charge is -2.24. The molecule has 0 heterocycles. The van der Waals surface area contributed by atoms with Gasteiger partial charge in [-0.15, -0.1) is 0 Å². The van der Waals surface area contributed by atoms with Crippen molar-refractivity contribution in [3.05, 3.63) is 34.3 Å². The highest BCUT2D eigenvalue weighted by Gasteiger charge is 2.21. The zero-order chi connectivity index (χ0) is 13.4. The van der Waals surface area contributed by atoms with Crippen LogP contribution in [0.25, 0.3) is 0 Å². The van der Waals surface area contributed by atoms with Crippen molar-refractivity contribution in [1.29, 1.82) is 0 Å². The number of rotatable bonds is 8. The van der Waals surface area contributed by atoms with Crippen molar-refractivity contribution >= 4 is 15.9 Å². The molecule has 4 heteroatoms. The number of benzene rings is 1. The maximum Gasteiger partial charge on any atom is 0.0987 e. The van der Waals surface area contributed by atoms with Gasteiger partial charge < -0.3 is 15.2 Å². The Kier molecular flexibility index (Phi) is 7.51. The van der Waals surface area contributed by atoms with Gasteiger partial charge in [-0.25, -0.2) is 0 Å². The molecule has 0 aromatic heterocycles. The Morgan fingerprint density at radius 2 is 1.94 bits per heavy atom. The van der Waals surface area contributed by atoms with E-state index in [2.05, 4.69) is 22.9 Å². The van der Waals surface area contributed by atoms with Crippen LogP contribution in [0, 0.1) is 0 Å². The number of nitrogens with two attached hydrogens (primary N) is 1. The van der Waals surface area contributed by atoms with Gasteiger partial charge in [0.2, 0.25) is 0 Å². The predicted molar refractivity (Wildman–Crippen MR) is 77.6 cm³/mol. The number of hydrogen-bond donors (Lipinski definition) is 1. The largest absolute Gasteiger partial charge is 0.379 e. The standard InChI is InChI=1S/C14H22BrNO2/c1-3-13(16)14(18-10-9-17-4-2)11-7-5-6-8-12(11)15/h5-8,13-14H,3-4,9-10,16H2,1-2H3. The van der Waals surface area contributed by atoms with E-state index >= 15 is 0 Å². The first-order valence-corrected chi connectivity index (χ1v) is 7.19. The van der Waals surface area contributed by atoms with Crippen LogP contribution in [0.3, 0.4) is 0 Å². The SMILES string of the molecule is CCOCCOC(c1ccccc1Br)C(N)CC. The maximum absolute atomic E-state index is 6.15. The molecule has 0 aliphatic rings. The van der Waals surface area contributed by atoms with Crippen LogP contribution in [0.4, 0.5) is 0 Å². The highest BCUT2D eigenvalue weighted by atomic mass is 79.9. The third kappa shape index (κ3) is 4.69. The number of ether oxygens (including phenoxy) is 2. The van der Waals surface area contributed by atoms with E-state index in [1.165, 1.54) is 0 Å². The van der Waals surface area contributed by atoms with Gasteiger partial charge in [0.1, 0.15) is 0 Å². The van der Waals surface area contributed by atoms with Crippen molar-refractivity contribution in [1.82, 2.24) is 0 Å². The lowest BCUT2D eigenvalue weighted by atomic mass is 10.0. The van der Waals surface area contributed by atoms with Crippen LogP contribution in [0.1, 0.15) is 31.9 Å². The third-order valence-electron chi connectivity index (χ3n) is 2.80. The molecule has 0 aliphatic heterocycles. The van der Waals surface area contributed by atoms with Crippen LogP contribution < -0.4 is 5.73 Å². The van der Waals surface area contributed by atoms with Gasteiger partial charge in [0.25, 0.3) is 0 Å². The van der Waals surface area contributed by atoms with Crippen molar-refractivity contribution in [2.75, 3.05) is 19.8 Å². The summed E-state index contributed by atoms with van der Waals surface area (Å²) in [6.45, 7) is 5.92. The van der Waals surface area contributed by atoms with Crippen molar-refractivity contribution < 1.29 is 9.47 Å². The minimum atomic E-state index is -0.0916. The van der Waals surface area contributed by atoms with Gasteiger partial charge in [-0.1, -0.05) is 41.1 Å². The summed E-state index contributed by atoms with van der Waals surface area (Å²) in [6.07, 6.45) is 0.784. The molecule has 0 fully saturated rings. The predicted octanol–water partition coefficient (Wildman–Crippen LogP) is 3.28. The minimum absolute atomic E-state index is 0.00896. The summed E-state index contributed by atoms with van der Waals surface area (Å²) in [5.41, 5.74) is 7.25. The molecule has 0 aliphatic carbocycles. The fourth-order valence-corrected chi connectivity index (χ4v) is 2.25. The molecular weight excluding hydrogens is 294 g/mol. The summed E-state index contributed by atoms with van der Waals surface area (Å²) in [5.74, 6) is 0. The Hall–Kier alpha value is -0.420. The molecule has 1 rings (SSSR count). The summed E-state index contributed by atoms with van der Waals surface area (Å²) < 4.78 is 12.2. The van der Waals surface area contributed by atoms with E-state index in [0.717, 1.165) is 16.5 Å². The Labute approximate surface area is 118 Å². The second kappa shape index (κ2) is 8.64. The van der Waals surface area contributed by atoms with E-state index in [0.29, 0.717) is 19.8 Å². The first-order chi connectivity index (χ1) is 8.70. The zero-order valence-corrected chi connectivity index (χ0v) is 12.7. The first kappa shape index (κ1) is 15.6. The van der Waals surface area contributed by atoms with Gasteiger partial charge in [0.05, 0.1) is 19.3 Å². The van der Waals surface area contributed by atoms with Gasteiger partial charge in [-0.3, -0.25) is 0 Å². The fraction of sp³-hybridized carbons (Fsp3) is 0.571. The molecule has 2 atom stereocenters. The Morgan fingerprint density at radius 1 is 1.22 bits per heavy atom. The molecule has 3 nitrogen and oxygen atoms in total. The van der Waals surface area contributed by atoms with E-state index in [4.69, 9.17) is 15.2 Å². The van der Waals surface area contributed by atoms with Crippen LogP contribution in [0.2, 0.25) is 0 Å². The van der Waals surface area contributed by atoms with Crippen LogP contribution in [-0.2, 0) is 9.47 Å². The van der Waals surface area contributed by atoms with Crippen LogP contribution in [0.15, 0.2) is 28.7 Å². The maximum atomic E-state index is 6.15. The second-order valence-electron chi connectivity index (χ2n) is 4.08. The van der Waals surface area contributed by atoms with E-state index in [9.17, 15) is 0 Å². The minimum Gasteiger partial charge on any atom is -0.379 e. The molecule has 18 heavy (non-hydrogen) atoms. The topological polar surface area (TPSA) is 44.5 Å². The van der Waals surface area contributed by atoms with Gasteiger partial charge in [-0.2, -0.15) is 0 Å². The number of halogens is 1. The monoisotopic (exact) mass is 315 g/mol. The zero-order valence-electron chi connectivity index (χ0n) is 11.1. The Balaban J connectivity index is 2.69. The quantitative estimate of drug-likeness (QED) is 0.749. The lowest BCUT2D eigenvalue weighted by molar-refractivity contribution is -0.00579. The Morgan fingerprint density at radius 3 is 2.56 bits per heavy atom. The number of hydrogen-bond acceptors (Lipinski definition) is 3. The molecule has 102 valence electrons. The van der Waals surface area contributed by atoms with Crippen LogP contribution in [-0.4, -0.2) is 25.9 Å². The van der Waals surface area contributed by atoms with E-state index in [1.54, 1.807) is 0 Å². The average molecular weight is 316 g/mol. The molecule has 0 saturated heterocycles. The third-order valence-corrected chi connectivity index (χ3v) is 3.52. The molecule has 0 saturated carbocycles. The van der Waals surface area contributed by atoms with E-state index < -0.39 is 0 Å². The van der Waals surface area contributed by atoms with Crippen molar-refractivity contribution in [2.45, 2.75) is 32.4 Å². The fourth-order valence-electron chi connectivity index (χ4n) is 1.74. The molecule has 2 unspecified atom stereocenters. The molecule has 0 amide bonds. The lowest BCUT2D eigenvalue weighted by Crippen LogP contribution is -2.30. The highest BCUT2D eigenvalue weighted by molar-refractivity contribution is 9.10. The molecule has 0 bridgehead atoms. The summed E-state index contributed by atoms with van der Waals surface area (Å²) >= 11 is 3.55. The smallest absolute Gasteiger partial charge is 0.0987 e. The molecule has 0 spiro atoms. The Bertz CT molecular complexity index is 346. The van der Waals surface area contributed by atoms with Crippen LogP contribution in [0.5, 0.6) is 0 Å². The molecule has 1 aromatic rings. The first-order valence-electron chi connectivity index (χ1n) is 6.40. The van der Waals surface area contributed by atoms with E-state index in [-0.39, 0.29) is 12.1 Å². The summed E-state index contributed by atoms with van der Waals surface area (Å²) in [5, 5.41) is 0. The van der Waals surface area contributed by atoms with Gasteiger partial charge >= 0.3 is 0 Å². The molecular formula is C14H22BrNO2. The summed E-state index contributed by atoms with van der Waals surface area (Å²) in [4.78, 5) is 0. The van der Waals surface area contributed by atoms with Crippen molar-refractivity contribution in [2.24, 2.45) is 5.73 Å². The van der Waals surface area contributed by atoms with E-state index in [1.807, 2.05) is 31.2 Å². The van der Waals surface area contributed by atoms with Gasteiger partial charge in [0.15, 0.2) is 0 Å². The normalized spacial score (nSPS) is 14.4. The average Bonchev–Trinajstić information content (AvgIpc) is 2.39. The second-order valence-corrected chi connectivity index (χ2v) is 4.94. The van der Waals surface area contributed by atoms with Crippen LogP contribution >= 0.6 is 15.9 Å².